The Hall–Kier alpha value is -2.03. The van der Waals surface area contributed by atoms with Crippen LogP contribution in [0.3, 0.4) is 0 Å². The Morgan fingerprint density at radius 3 is 2.44 bits per heavy atom. The molecular formula is C13H13N3. The van der Waals surface area contributed by atoms with Crippen molar-refractivity contribution in [1.82, 2.24) is 9.97 Å². The van der Waals surface area contributed by atoms with Gasteiger partial charge in [-0.25, -0.2) is 9.97 Å². The van der Waals surface area contributed by atoms with Crippen LogP contribution < -0.4 is 0 Å². The van der Waals surface area contributed by atoms with Crippen molar-refractivity contribution in [2.75, 3.05) is 0 Å². The average Bonchev–Trinajstić information content (AvgIpc) is 2.38. The summed E-state index contributed by atoms with van der Waals surface area (Å²) >= 11 is 0. The molecule has 1 atom stereocenters. The van der Waals surface area contributed by atoms with Crippen LogP contribution in [-0.2, 0) is 0 Å². The summed E-state index contributed by atoms with van der Waals surface area (Å²) in [5.74, 6) is 0.644. The van der Waals surface area contributed by atoms with Gasteiger partial charge >= 0.3 is 0 Å². The van der Waals surface area contributed by atoms with Gasteiger partial charge in [0, 0.05) is 12.4 Å². The lowest BCUT2D eigenvalue weighted by atomic mass is 10.1. The molecule has 0 spiro atoms. The van der Waals surface area contributed by atoms with E-state index in [4.69, 9.17) is 0 Å². The first-order valence-electron chi connectivity index (χ1n) is 5.21. The lowest BCUT2D eigenvalue weighted by Gasteiger charge is -2.04. The third kappa shape index (κ3) is 2.73. The van der Waals surface area contributed by atoms with Crippen LogP contribution in [0, 0.1) is 0 Å². The van der Waals surface area contributed by atoms with E-state index in [1.165, 1.54) is 5.56 Å². The molecule has 0 fully saturated rings. The molecule has 16 heavy (non-hydrogen) atoms. The molecule has 0 radical (unpaired) electrons. The minimum Gasteiger partial charge on any atom is -0.281 e. The zero-order chi connectivity index (χ0) is 11.2. The molecule has 80 valence electrons. The van der Waals surface area contributed by atoms with E-state index in [0.29, 0.717) is 5.82 Å². The van der Waals surface area contributed by atoms with E-state index in [-0.39, 0.29) is 6.04 Å². The highest BCUT2D eigenvalue weighted by Gasteiger charge is 2.00. The molecule has 0 aliphatic carbocycles. The van der Waals surface area contributed by atoms with Gasteiger partial charge in [0.2, 0.25) is 0 Å². The number of hydrogen-bond acceptors (Lipinski definition) is 3. The topological polar surface area (TPSA) is 38.1 Å². The normalized spacial score (nSPS) is 12.8. The van der Waals surface area contributed by atoms with E-state index < -0.39 is 0 Å². The van der Waals surface area contributed by atoms with Gasteiger partial charge in [0.1, 0.15) is 0 Å². The highest BCUT2D eigenvalue weighted by Crippen LogP contribution is 2.14. The van der Waals surface area contributed by atoms with Crippen LogP contribution in [0.25, 0.3) is 0 Å². The summed E-state index contributed by atoms with van der Waals surface area (Å²) < 4.78 is 0. The fourth-order valence-electron chi connectivity index (χ4n) is 1.37. The summed E-state index contributed by atoms with van der Waals surface area (Å²) in [7, 11) is 0. The van der Waals surface area contributed by atoms with E-state index in [2.05, 4.69) is 34.0 Å². The van der Waals surface area contributed by atoms with Gasteiger partial charge in [0.15, 0.2) is 5.82 Å². The third-order valence-corrected chi connectivity index (χ3v) is 2.28. The number of aliphatic imine (C=N–C) groups is 1. The number of rotatable bonds is 3. The molecule has 1 heterocycles. The monoisotopic (exact) mass is 211 g/mol. The van der Waals surface area contributed by atoms with Crippen molar-refractivity contribution >= 4 is 6.21 Å². The quantitative estimate of drug-likeness (QED) is 0.732. The molecule has 0 N–H and O–H groups in total. The van der Waals surface area contributed by atoms with E-state index in [1.54, 1.807) is 24.7 Å². The Morgan fingerprint density at radius 2 is 1.75 bits per heavy atom. The van der Waals surface area contributed by atoms with Crippen LogP contribution in [0.15, 0.2) is 53.8 Å². The van der Waals surface area contributed by atoms with Gasteiger partial charge in [-0.1, -0.05) is 30.3 Å². The number of benzene rings is 1. The molecule has 0 bridgehead atoms. The summed E-state index contributed by atoms with van der Waals surface area (Å²) in [5.41, 5.74) is 1.19. The highest BCUT2D eigenvalue weighted by molar-refractivity contribution is 5.74. The molecular weight excluding hydrogens is 198 g/mol. The fraction of sp³-hybridized carbons (Fsp3) is 0.154. The summed E-state index contributed by atoms with van der Waals surface area (Å²) in [6.45, 7) is 2.05. The Morgan fingerprint density at radius 1 is 1.06 bits per heavy atom. The summed E-state index contributed by atoms with van der Waals surface area (Å²) in [5, 5.41) is 0. The zero-order valence-corrected chi connectivity index (χ0v) is 9.12. The molecule has 1 aromatic carbocycles. The second-order valence-corrected chi connectivity index (χ2v) is 3.47. The summed E-state index contributed by atoms with van der Waals surface area (Å²) in [4.78, 5) is 12.6. The number of hydrogen-bond donors (Lipinski definition) is 0. The van der Waals surface area contributed by atoms with Gasteiger partial charge in [-0.15, -0.1) is 0 Å². The molecule has 0 saturated heterocycles. The first kappa shape index (κ1) is 10.5. The maximum Gasteiger partial charge on any atom is 0.170 e. The first-order chi connectivity index (χ1) is 7.86. The third-order valence-electron chi connectivity index (χ3n) is 2.28. The van der Waals surface area contributed by atoms with Crippen molar-refractivity contribution in [3.8, 4) is 0 Å². The maximum absolute atomic E-state index is 4.41. The molecule has 0 aliphatic heterocycles. The van der Waals surface area contributed by atoms with Crippen LogP contribution in [0.4, 0.5) is 0 Å². The smallest absolute Gasteiger partial charge is 0.170 e. The van der Waals surface area contributed by atoms with Crippen LogP contribution in [-0.4, -0.2) is 16.2 Å². The number of nitrogens with zero attached hydrogens (tertiary/aromatic N) is 3. The largest absolute Gasteiger partial charge is 0.281 e. The van der Waals surface area contributed by atoms with E-state index >= 15 is 0 Å². The van der Waals surface area contributed by atoms with Gasteiger partial charge < -0.3 is 0 Å². The van der Waals surface area contributed by atoms with E-state index in [9.17, 15) is 0 Å². The minimum absolute atomic E-state index is 0.130. The number of aromatic nitrogens is 2. The first-order valence-corrected chi connectivity index (χ1v) is 5.21. The SMILES string of the molecule is C[C@H](N=Cc1ncccn1)c1ccccc1. The van der Waals surface area contributed by atoms with Crippen LogP contribution in [0.2, 0.25) is 0 Å². The highest BCUT2D eigenvalue weighted by atomic mass is 14.9. The van der Waals surface area contributed by atoms with Crippen molar-refractivity contribution in [1.29, 1.82) is 0 Å². The second kappa shape index (κ2) is 5.16. The van der Waals surface area contributed by atoms with Gasteiger partial charge in [-0.3, -0.25) is 4.99 Å². The average molecular weight is 211 g/mol. The molecule has 0 saturated carbocycles. The van der Waals surface area contributed by atoms with E-state index in [1.807, 2.05) is 18.2 Å². The van der Waals surface area contributed by atoms with Gasteiger partial charge in [-0.05, 0) is 18.6 Å². The molecule has 0 amide bonds. The zero-order valence-electron chi connectivity index (χ0n) is 9.12. The summed E-state index contributed by atoms with van der Waals surface area (Å²) in [6.07, 6.45) is 5.13. The molecule has 1 aromatic heterocycles. The van der Waals surface area contributed by atoms with Crippen LogP contribution in [0.5, 0.6) is 0 Å². The molecule has 0 aliphatic rings. The van der Waals surface area contributed by atoms with Gasteiger partial charge in [-0.2, -0.15) is 0 Å². The maximum atomic E-state index is 4.41. The van der Waals surface area contributed by atoms with Crippen molar-refractivity contribution in [3.63, 3.8) is 0 Å². The fourth-order valence-corrected chi connectivity index (χ4v) is 1.37. The van der Waals surface area contributed by atoms with Crippen molar-refractivity contribution in [3.05, 3.63) is 60.2 Å². The van der Waals surface area contributed by atoms with Crippen molar-refractivity contribution in [2.45, 2.75) is 13.0 Å². The molecule has 2 aromatic rings. The lowest BCUT2D eigenvalue weighted by Crippen LogP contribution is -1.94. The Balaban J connectivity index is 2.08. The Bertz CT molecular complexity index is 451. The minimum atomic E-state index is 0.130. The summed E-state index contributed by atoms with van der Waals surface area (Å²) in [6, 6.07) is 12.1. The molecule has 0 unspecified atom stereocenters. The van der Waals surface area contributed by atoms with Gasteiger partial charge in [0.05, 0.1) is 12.3 Å². The van der Waals surface area contributed by atoms with Crippen LogP contribution >= 0.6 is 0 Å². The van der Waals surface area contributed by atoms with E-state index in [0.717, 1.165) is 0 Å². The van der Waals surface area contributed by atoms with Gasteiger partial charge in [0.25, 0.3) is 0 Å². The standard InChI is InChI=1S/C13H13N3/c1-11(12-6-3-2-4-7-12)16-10-13-14-8-5-9-15-13/h2-11H,1H3/t11-/m0/s1. The van der Waals surface area contributed by atoms with Crippen molar-refractivity contribution in [2.24, 2.45) is 4.99 Å². The molecule has 2 rings (SSSR count). The Labute approximate surface area is 94.9 Å². The predicted octanol–water partition coefficient (Wildman–Crippen LogP) is 2.66. The molecule has 3 nitrogen and oxygen atoms in total. The lowest BCUT2D eigenvalue weighted by molar-refractivity contribution is 0.823. The van der Waals surface area contributed by atoms with Crippen molar-refractivity contribution < 1.29 is 0 Å². The Kier molecular flexibility index (Phi) is 3.38. The predicted molar refractivity (Wildman–Crippen MR) is 64.5 cm³/mol. The van der Waals surface area contributed by atoms with Crippen LogP contribution in [0.1, 0.15) is 24.4 Å². The second-order valence-electron chi connectivity index (χ2n) is 3.47. The molecule has 3 heteroatoms.